The maximum Gasteiger partial charge on any atom is 0.320 e. The van der Waals surface area contributed by atoms with Gasteiger partial charge in [0.25, 0.3) is 5.69 Å². The van der Waals surface area contributed by atoms with Crippen LogP contribution in [0.2, 0.25) is 0 Å². The third-order valence-corrected chi connectivity index (χ3v) is 4.86. The number of rotatable bonds is 4. The van der Waals surface area contributed by atoms with Crippen molar-refractivity contribution >= 4 is 5.91 Å². The second-order valence-electron chi connectivity index (χ2n) is 6.58. The number of aliphatic hydroxyl groups excluding tert-OH is 1. The van der Waals surface area contributed by atoms with Crippen LogP contribution >= 0.6 is 0 Å². The van der Waals surface area contributed by atoms with E-state index in [1.165, 1.54) is 6.20 Å². The molecular formula is C20H24N2O3. The zero-order valence-electron chi connectivity index (χ0n) is 14.3. The minimum absolute atomic E-state index is 0.0644. The van der Waals surface area contributed by atoms with Crippen LogP contribution in [-0.4, -0.2) is 28.5 Å². The highest BCUT2D eigenvalue weighted by atomic mass is 16.5. The number of carbonyl (C=O) groups excluding carboxylic acids is 1. The summed E-state index contributed by atoms with van der Waals surface area (Å²) in [6, 6.07) is 14.3. The number of carbonyl (C=O) groups is 1. The average Bonchev–Trinajstić information content (AvgIpc) is 2.88. The summed E-state index contributed by atoms with van der Waals surface area (Å²) >= 11 is 0. The highest BCUT2D eigenvalue weighted by Gasteiger charge is 2.31. The fraction of sp³-hybridized carbons (Fsp3) is 0.400. The van der Waals surface area contributed by atoms with Crippen molar-refractivity contribution in [2.45, 2.75) is 44.2 Å². The van der Waals surface area contributed by atoms with E-state index in [9.17, 15) is 15.1 Å². The van der Waals surface area contributed by atoms with Crippen LogP contribution in [0.25, 0.3) is 0 Å². The summed E-state index contributed by atoms with van der Waals surface area (Å²) in [5, 5.41) is 22.5. The largest absolute Gasteiger partial charge is 0.618 e. The fourth-order valence-electron chi connectivity index (χ4n) is 3.50. The summed E-state index contributed by atoms with van der Waals surface area (Å²) < 4.78 is 0.623. The highest BCUT2D eigenvalue weighted by Crippen LogP contribution is 2.27. The second kappa shape index (κ2) is 8.12. The van der Waals surface area contributed by atoms with Gasteiger partial charge in [-0.15, -0.1) is 0 Å². The molecule has 1 aromatic heterocycles. The lowest BCUT2D eigenvalue weighted by Crippen LogP contribution is -2.46. The summed E-state index contributed by atoms with van der Waals surface area (Å²) in [5.41, 5.74) is 1.00. The summed E-state index contributed by atoms with van der Waals surface area (Å²) in [7, 11) is 0. The smallest absolute Gasteiger partial charge is 0.320 e. The molecule has 0 bridgehead atoms. The molecule has 3 rings (SSSR count). The minimum atomic E-state index is -0.616. The summed E-state index contributed by atoms with van der Waals surface area (Å²) in [5.74, 6) is -0.247. The second-order valence-corrected chi connectivity index (χ2v) is 6.58. The molecule has 0 saturated carbocycles. The molecule has 1 saturated heterocycles. The summed E-state index contributed by atoms with van der Waals surface area (Å²) in [6.45, 7) is 0.625. The van der Waals surface area contributed by atoms with E-state index in [-0.39, 0.29) is 17.6 Å². The predicted octanol–water partition coefficient (Wildman–Crippen LogP) is 2.83. The number of aromatic nitrogens is 1. The van der Waals surface area contributed by atoms with Gasteiger partial charge >= 0.3 is 5.91 Å². The first-order chi connectivity index (χ1) is 12.2. The molecule has 25 heavy (non-hydrogen) atoms. The van der Waals surface area contributed by atoms with Crippen LogP contribution in [0.4, 0.5) is 0 Å². The van der Waals surface area contributed by atoms with Crippen LogP contribution < -0.4 is 4.73 Å². The molecule has 0 radical (unpaired) electrons. The molecule has 1 aliphatic heterocycles. The van der Waals surface area contributed by atoms with E-state index in [1.807, 2.05) is 30.3 Å². The van der Waals surface area contributed by atoms with E-state index in [4.69, 9.17) is 0 Å². The first-order valence-corrected chi connectivity index (χ1v) is 8.89. The lowest BCUT2D eigenvalue weighted by molar-refractivity contribution is -0.608. The van der Waals surface area contributed by atoms with Crippen molar-refractivity contribution in [1.82, 2.24) is 4.90 Å². The number of hydrogen-bond acceptors (Lipinski definition) is 3. The normalized spacial score (nSPS) is 19.2. The van der Waals surface area contributed by atoms with E-state index < -0.39 is 6.10 Å². The van der Waals surface area contributed by atoms with Crippen molar-refractivity contribution in [3.63, 3.8) is 0 Å². The van der Waals surface area contributed by atoms with E-state index in [2.05, 4.69) is 0 Å². The van der Waals surface area contributed by atoms with Gasteiger partial charge in [-0.05, 0) is 30.9 Å². The van der Waals surface area contributed by atoms with Gasteiger partial charge in [0.1, 0.15) is 0 Å². The van der Waals surface area contributed by atoms with E-state index in [1.54, 1.807) is 23.1 Å². The number of hydrogen-bond donors (Lipinski definition) is 1. The van der Waals surface area contributed by atoms with Crippen LogP contribution in [0.5, 0.6) is 0 Å². The minimum Gasteiger partial charge on any atom is -0.618 e. The maximum atomic E-state index is 12.9. The van der Waals surface area contributed by atoms with Crippen LogP contribution in [0.15, 0.2) is 54.7 Å². The zero-order chi connectivity index (χ0) is 17.6. The number of likely N-dealkylation sites (tertiary alicyclic amines) is 1. The van der Waals surface area contributed by atoms with Gasteiger partial charge in [0.15, 0.2) is 6.20 Å². The molecule has 5 heteroatoms. The van der Waals surface area contributed by atoms with Crippen molar-refractivity contribution in [1.29, 1.82) is 0 Å². The molecule has 2 atom stereocenters. The standard InChI is InChI=1S/C20H24N2O3/c23-19(16-9-3-1-4-10-16)15-17-11-5-2-7-13-21(17)20(24)18-12-6-8-14-22(18)25/h1,3-4,6,8-10,12,14,17,19,23H,2,5,7,11,13,15H2/t17-,19-/m1/s1. The van der Waals surface area contributed by atoms with Crippen molar-refractivity contribution in [2.24, 2.45) is 0 Å². The van der Waals surface area contributed by atoms with E-state index >= 15 is 0 Å². The predicted molar refractivity (Wildman–Crippen MR) is 94.7 cm³/mol. The Morgan fingerprint density at radius 1 is 1.16 bits per heavy atom. The van der Waals surface area contributed by atoms with Crippen molar-refractivity contribution < 1.29 is 14.6 Å². The van der Waals surface area contributed by atoms with Crippen molar-refractivity contribution in [3.8, 4) is 0 Å². The van der Waals surface area contributed by atoms with Crippen LogP contribution in [0, 0.1) is 5.21 Å². The Morgan fingerprint density at radius 3 is 2.68 bits per heavy atom. The quantitative estimate of drug-likeness (QED) is 0.687. The fourth-order valence-corrected chi connectivity index (χ4v) is 3.50. The van der Waals surface area contributed by atoms with Crippen LogP contribution in [0.1, 0.15) is 54.3 Å². The molecule has 2 heterocycles. The Bertz CT molecular complexity index is 705. The molecule has 0 aliphatic carbocycles. The average molecular weight is 340 g/mol. The Labute approximate surface area is 148 Å². The Balaban J connectivity index is 1.80. The molecule has 5 nitrogen and oxygen atoms in total. The molecule has 132 valence electrons. The third kappa shape index (κ3) is 4.17. The number of benzene rings is 1. The number of aliphatic hydroxyl groups is 1. The Kier molecular flexibility index (Phi) is 5.66. The third-order valence-electron chi connectivity index (χ3n) is 4.86. The van der Waals surface area contributed by atoms with Gasteiger partial charge in [0.05, 0.1) is 6.10 Å². The van der Waals surface area contributed by atoms with E-state index in [0.29, 0.717) is 17.7 Å². The van der Waals surface area contributed by atoms with Gasteiger partial charge in [-0.3, -0.25) is 4.79 Å². The topological polar surface area (TPSA) is 67.5 Å². The number of amides is 1. The molecular weight excluding hydrogens is 316 g/mol. The summed E-state index contributed by atoms with van der Waals surface area (Å²) in [4.78, 5) is 14.7. The molecule has 1 aliphatic rings. The zero-order valence-corrected chi connectivity index (χ0v) is 14.3. The van der Waals surface area contributed by atoms with Crippen LogP contribution in [-0.2, 0) is 0 Å². The summed E-state index contributed by atoms with van der Waals surface area (Å²) in [6.07, 6.45) is 5.09. The van der Waals surface area contributed by atoms with Gasteiger partial charge in [-0.25, -0.2) is 0 Å². The monoisotopic (exact) mass is 340 g/mol. The number of nitrogens with zero attached hydrogens (tertiary/aromatic N) is 2. The van der Waals surface area contributed by atoms with Gasteiger partial charge in [0, 0.05) is 24.7 Å². The van der Waals surface area contributed by atoms with Crippen molar-refractivity contribution in [2.75, 3.05) is 6.54 Å². The van der Waals surface area contributed by atoms with Gasteiger partial charge < -0.3 is 15.2 Å². The molecule has 0 unspecified atom stereocenters. The van der Waals surface area contributed by atoms with E-state index in [0.717, 1.165) is 31.2 Å². The van der Waals surface area contributed by atoms with Crippen molar-refractivity contribution in [3.05, 3.63) is 71.2 Å². The lowest BCUT2D eigenvalue weighted by Gasteiger charge is -2.31. The first-order valence-electron chi connectivity index (χ1n) is 8.89. The molecule has 2 aromatic rings. The first kappa shape index (κ1) is 17.4. The SMILES string of the molecule is O=C(c1cccc[n+]1[O-])N1CCCCC[C@@H]1C[C@@H](O)c1ccccc1. The Hall–Kier alpha value is -2.40. The molecule has 1 N–H and O–H groups in total. The Morgan fingerprint density at radius 2 is 1.92 bits per heavy atom. The highest BCUT2D eigenvalue weighted by molar-refractivity contribution is 5.91. The van der Waals surface area contributed by atoms with Gasteiger partial charge in [-0.2, -0.15) is 4.73 Å². The number of pyridine rings is 1. The van der Waals surface area contributed by atoms with Gasteiger partial charge in [-0.1, -0.05) is 43.2 Å². The molecule has 0 spiro atoms. The van der Waals surface area contributed by atoms with Crippen LogP contribution in [0.3, 0.4) is 0 Å². The molecule has 1 aromatic carbocycles. The maximum absolute atomic E-state index is 12.9. The lowest BCUT2D eigenvalue weighted by atomic mass is 9.98. The van der Waals surface area contributed by atoms with Gasteiger partial charge in [0.2, 0.25) is 0 Å². The molecule has 1 amide bonds. The molecule has 1 fully saturated rings.